The summed E-state index contributed by atoms with van der Waals surface area (Å²) in [5, 5.41) is 13.2. The highest BCUT2D eigenvalue weighted by Crippen LogP contribution is 1.99. The van der Waals surface area contributed by atoms with E-state index in [0.29, 0.717) is 19.4 Å². The first kappa shape index (κ1) is 17.7. The van der Waals surface area contributed by atoms with E-state index in [2.05, 4.69) is 15.6 Å². The van der Waals surface area contributed by atoms with E-state index in [1.807, 2.05) is 0 Å². The lowest BCUT2D eigenvalue weighted by molar-refractivity contribution is -0.138. The number of amides is 2. The summed E-state index contributed by atoms with van der Waals surface area (Å²) in [6.45, 7) is 1.49. The van der Waals surface area contributed by atoms with Crippen molar-refractivity contribution in [2.24, 2.45) is 16.5 Å². The molecule has 0 radical (unpaired) electrons. The molecule has 0 aromatic heterocycles. The Morgan fingerprint density at radius 3 is 2.45 bits per heavy atom. The minimum absolute atomic E-state index is 0.0468. The second kappa shape index (κ2) is 9.59. The van der Waals surface area contributed by atoms with E-state index < -0.39 is 24.5 Å². The van der Waals surface area contributed by atoms with Crippen LogP contribution in [0.3, 0.4) is 0 Å². The monoisotopic (exact) mass is 287 g/mol. The molecule has 2 amide bonds. The van der Waals surface area contributed by atoms with E-state index in [1.165, 1.54) is 0 Å². The van der Waals surface area contributed by atoms with Gasteiger partial charge in [0.15, 0.2) is 5.96 Å². The van der Waals surface area contributed by atoms with Crippen LogP contribution >= 0.6 is 0 Å². The SMILES string of the molecule is CCC(=O)NC(CCCN=C(N)N)C(=O)NCC(=O)O. The Morgan fingerprint density at radius 1 is 1.30 bits per heavy atom. The standard InChI is InChI=1S/C11H21N5O4/c1-2-8(17)16-7(4-3-5-14-11(12)13)10(20)15-6-9(18)19/h7H,2-6H2,1H3,(H,15,20)(H,16,17)(H,18,19)(H4,12,13,14). The Kier molecular flexibility index (Phi) is 8.48. The Balaban J connectivity index is 4.39. The number of guanidine groups is 1. The van der Waals surface area contributed by atoms with Crippen LogP contribution in [0, 0.1) is 0 Å². The van der Waals surface area contributed by atoms with Gasteiger partial charge in [-0.2, -0.15) is 0 Å². The van der Waals surface area contributed by atoms with Crippen LogP contribution in [0.25, 0.3) is 0 Å². The van der Waals surface area contributed by atoms with Crippen LogP contribution < -0.4 is 22.1 Å². The van der Waals surface area contributed by atoms with E-state index >= 15 is 0 Å². The number of carboxylic acid groups (broad SMARTS) is 1. The zero-order valence-corrected chi connectivity index (χ0v) is 11.4. The van der Waals surface area contributed by atoms with Crippen LogP contribution in [-0.4, -0.2) is 48.0 Å². The molecule has 0 aliphatic carbocycles. The molecule has 0 saturated heterocycles. The van der Waals surface area contributed by atoms with Gasteiger partial charge in [-0.1, -0.05) is 6.92 Å². The molecule has 9 nitrogen and oxygen atoms in total. The number of hydrogen-bond acceptors (Lipinski definition) is 4. The van der Waals surface area contributed by atoms with Crippen molar-refractivity contribution < 1.29 is 19.5 Å². The number of carbonyl (C=O) groups is 3. The van der Waals surface area contributed by atoms with Gasteiger partial charge in [-0.15, -0.1) is 0 Å². The van der Waals surface area contributed by atoms with Gasteiger partial charge in [-0.3, -0.25) is 19.4 Å². The lowest BCUT2D eigenvalue weighted by Gasteiger charge is -2.17. The number of nitrogens with one attached hydrogen (secondary N) is 2. The maximum atomic E-state index is 11.8. The Labute approximate surface area is 116 Å². The highest BCUT2D eigenvalue weighted by atomic mass is 16.4. The highest BCUT2D eigenvalue weighted by molar-refractivity contribution is 5.89. The summed E-state index contributed by atoms with van der Waals surface area (Å²) >= 11 is 0. The van der Waals surface area contributed by atoms with Crippen molar-refractivity contribution in [2.45, 2.75) is 32.2 Å². The second-order valence-corrected chi connectivity index (χ2v) is 4.03. The topological polar surface area (TPSA) is 160 Å². The summed E-state index contributed by atoms with van der Waals surface area (Å²) in [6, 6.07) is -0.795. The van der Waals surface area contributed by atoms with Crippen molar-refractivity contribution >= 4 is 23.7 Å². The van der Waals surface area contributed by atoms with Gasteiger partial charge in [0.25, 0.3) is 0 Å². The van der Waals surface area contributed by atoms with Crippen LogP contribution in [0.5, 0.6) is 0 Å². The third-order valence-electron chi connectivity index (χ3n) is 2.33. The number of aliphatic imine (C=N–C) groups is 1. The van der Waals surface area contributed by atoms with Crippen LogP contribution in [0.15, 0.2) is 4.99 Å². The number of hydrogen-bond donors (Lipinski definition) is 5. The Morgan fingerprint density at radius 2 is 1.95 bits per heavy atom. The number of rotatable bonds is 9. The summed E-state index contributed by atoms with van der Waals surface area (Å²) in [5.41, 5.74) is 10.3. The number of carboxylic acids is 1. The summed E-state index contributed by atoms with van der Waals surface area (Å²) in [6.07, 6.45) is 1.03. The van der Waals surface area contributed by atoms with Gasteiger partial charge in [0.05, 0.1) is 0 Å². The molecule has 0 spiro atoms. The highest BCUT2D eigenvalue weighted by Gasteiger charge is 2.20. The van der Waals surface area contributed by atoms with Gasteiger partial charge in [-0.25, -0.2) is 0 Å². The summed E-state index contributed by atoms with van der Waals surface area (Å²) < 4.78 is 0. The van der Waals surface area contributed by atoms with Gasteiger partial charge < -0.3 is 27.2 Å². The predicted molar refractivity (Wildman–Crippen MR) is 72.8 cm³/mol. The molecule has 1 unspecified atom stereocenters. The van der Waals surface area contributed by atoms with Gasteiger partial charge in [0.2, 0.25) is 11.8 Å². The summed E-state index contributed by atoms with van der Waals surface area (Å²) in [7, 11) is 0. The van der Waals surface area contributed by atoms with Crippen LogP contribution in [0.1, 0.15) is 26.2 Å². The average molecular weight is 287 g/mol. The zero-order valence-electron chi connectivity index (χ0n) is 11.4. The van der Waals surface area contributed by atoms with E-state index in [9.17, 15) is 14.4 Å². The van der Waals surface area contributed by atoms with Crippen molar-refractivity contribution in [3.8, 4) is 0 Å². The first-order valence-corrected chi connectivity index (χ1v) is 6.21. The Hall–Kier alpha value is -2.32. The molecule has 114 valence electrons. The number of aliphatic carboxylic acids is 1. The molecule has 0 aromatic carbocycles. The second-order valence-electron chi connectivity index (χ2n) is 4.03. The van der Waals surface area contributed by atoms with E-state index in [-0.39, 0.29) is 18.3 Å². The molecule has 0 rings (SSSR count). The third kappa shape index (κ3) is 8.72. The fraction of sp³-hybridized carbons (Fsp3) is 0.636. The quantitative estimate of drug-likeness (QED) is 0.190. The van der Waals surface area contributed by atoms with E-state index in [1.54, 1.807) is 6.92 Å². The number of nitrogens with two attached hydrogens (primary N) is 2. The molecule has 9 heteroatoms. The zero-order chi connectivity index (χ0) is 15.5. The first-order chi connectivity index (χ1) is 9.36. The summed E-state index contributed by atoms with van der Waals surface area (Å²) in [4.78, 5) is 37.2. The van der Waals surface area contributed by atoms with E-state index in [0.717, 1.165) is 0 Å². The van der Waals surface area contributed by atoms with Gasteiger partial charge in [-0.05, 0) is 12.8 Å². The van der Waals surface area contributed by atoms with Crippen molar-refractivity contribution in [3.05, 3.63) is 0 Å². The molecular weight excluding hydrogens is 266 g/mol. The van der Waals surface area contributed by atoms with Crippen LogP contribution in [0.2, 0.25) is 0 Å². The average Bonchev–Trinajstić information content (AvgIpc) is 2.38. The fourth-order valence-electron chi connectivity index (χ4n) is 1.35. The third-order valence-corrected chi connectivity index (χ3v) is 2.33. The van der Waals surface area contributed by atoms with Crippen molar-refractivity contribution in [1.82, 2.24) is 10.6 Å². The van der Waals surface area contributed by atoms with Gasteiger partial charge >= 0.3 is 5.97 Å². The largest absolute Gasteiger partial charge is 0.480 e. The molecule has 0 fully saturated rings. The minimum Gasteiger partial charge on any atom is -0.480 e. The molecule has 0 heterocycles. The van der Waals surface area contributed by atoms with Gasteiger partial charge in [0.1, 0.15) is 12.6 Å². The number of carbonyl (C=O) groups excluding carboxylic acids is 2. The van der Waals surface area contributed by atoms with Crippen molar-refractivity contribution in [2.75, 3.05) is 13.1 Å². The molecule has 1 atom stereocenters. The Bertz CT molecular complexity index is 379. The maximum absolute atomic E-state index is 11.8. The van der Waals surface area contributed by atoms with Crippen LogP contribution in [-0.2, 0) is 14.4 Å². The molecular formula is C11H21N5O4. The predicted octanol–water partition coefficient (Wildman–Crippen LogP) is -1.86. The molecule has 0 aliphatic rings. The molecule has 0 aliphatic heterocycles. The fourth-order valence-corrected chi connectivity index (χ4v) is 1.35. The summed E-state index contributed by atoms with van der Waals surface area (Å²) in [5.74, 6) is -2.03. The normalized spacial score (nSPS) is 11.2. The minimum atomic E-state index is -1.15. The molecule has 0 saturated carbocycles. The van der Waals surface area contributed by atoms with Crippen molar-refractivity contribution in [1.29, 1.82) is 0 Å². The lowest BCUT2D eigenvalue weighted by atomic mass is 10.1. The molecule has 0 bridgehead atoms. The first-order valence-electron chi connectivity index (χ1n) is 6.21. The lowest BCUT2D eigenvalue weighted by Crippen LogP contribution is -2.47. The molecule has 7 N–H and O–H groups in total. The number of nitrogens with zero attached hydrogens (tertiary/aromatic N) is 1. The van der Waals surface area contributed by atoms with Crippen LogP contribution in [0.4, 0.5) is 0 Å². The molecule has 20 heavy (non-hydrogen) atoms. The van der Waals surface area contributed by atoms with Gasteiger partial charge in [0, 0.05) is 13.0 Å². The smallest absolute Gasteiger partial charge is 0.322 e. The maximum Gasteiger partial charge on any atom is 0.322 e. The molecule has 0 aromatic rings. The van der Waals surface area contributed by atoms with E-state index in [4.69, 9.17) is 16.6 Å². The van der Waals surface area contributed by atoms with Crippen molar-refractivity contribution in [3.63, 3.8) is 0 Å².